The molecule has 0 bridgehead atoms. The minimum atomic E-state index is -4.76. The van der Waals surface area contributed by atoms with Gasteiger partial charge in [-0.05, 0) is 80.6 Å². The summed E-state index contributed by atoms with van der Waals surface area (Å²) in [6.45, 7) is 12.2. The van der Waals surface area contributed by atoms with Crippen LogP contribution in [0.5, 0.6) is 5.75 Å². The second kappa shape index (κ2) is 12.4. The van der Waals surface area contributed by atoms with Gasteiger partial charge in [-0.15, -0.1) is 29.6 Å². The third kappa shape index (κ3) is 7.17. The van der Waals surface area contributed by atoms with Crippen LogP contribution in [-0.2, 0) is 5.54 Å². The van der Waals surface area contributed by atoms with Crippen molar-refractivity contribution >= 4 is 17.4 Å². The summed E-state index contributed by atoms with van der Waals surface area (Å²) in [7, 11) is 0. The van der Waals surface area contributed by atoms with E-state index in [4.69, 9.17) is 0 Å². The van der Waals surface area contributed by atoms with Gasteiger partial charge in [-0.2, -0.15) is 4.99 Å². The van der Waals surface area contributed by atoms with Crippen LogP contribution in [0.15, 0.2) is 83.4 Å². The van der Waals surface area contributed by atoms with Gasteiger partial charge < -0.3 is 10.1 Å². The molecule has 5 rings (SSSR count). The fourth-order valence-electron chi connectivity index (χ4n) is 5.19. The maximum atomic E-state index is 13.2. The van der Waals surface area contributed by atoms with Crippen LogP contribution in [0.25, 0.3) is 22.8 Å². The molecular weight excluding hydrogens is 601 g/mol. The highest BCUT2D eigenvalue weighted by Gasteiger charge is 2.31. The first-order valence-electron chi connectivity index (χ1n) is 14.2. The fraction of sp³-hybridized carbons (Fsp3) is 0.273. The Morgan fingerprint density at radius 1 is 1.00 bits per heavy atom. The largest absolute Gasteiger partial charge is 0.573 e. The number of benzene rings is 3. The highest BCUT2D eigenvalue weighted by Crippen LogP contribution is 2.28. The van der Waals surface area contributed by atoms with Gasteiger partial charge in [0.15, 0.2) is 10.6 Å². The highest BCUT2D eigenvalue weighted by molar-refractivity contribution is 7.07. The van der Waals surface area contributed by atoms with Crippen molar-refractivity contribution in [3.63, 3.8) is 0 Å². The van der Waals surface area contributed by atoms with Gasteiger partial charge in [-0.1, -0.05) is 50.2 Å². The van der Waals surface area contributed by atoms with E-state index < -0.39 is 17.9 Å². The number of nitrogens with one attached hydrogen (secondary N) is 1. The Hall–Kier alpha value is -4.71. The SMILES string of the molecule is Cc1cccc(-n2c(C)cs/c2=N\C(=O)NC(C)(C)c2ccc(-c3ncn(-c4ccc(OC(F)(F)F)cc4)n3)cc2)c1C(C)C. The van der Waals surface area contributed by atoms with Crippen molar-refractivity contribution in [3.8, 4) is 28.5 Å². The van der Waals surface area contributed by atoms with Gasteiger partial charge in [0.25, 0.3) is 0 Å². The van der Waals surface area contributed by atoms with E-state index in [1.165, 1.54) is 57.7 Å². The molecule has 8 nitrogen and oxygen atoms in total. The van der Waals surface area contributed by atoms with E-state index in [-0.39, 0.29) is 5.75 Å². The number of aromatic nitrogens is 4. The first-order chi connectivity index (χ1) is 21.2. The number of halogens is 3. The van der Waals surface area contributed by atoms with E-state index in [2.05, 4.69) is 58.0 Å². The number of carbonyl (C=O) groups excluding carboxylic acids is 1. The molecule has 0 aliphatic rings. The quantitative estimate of drug-likeness (QED) is 0.197. The Morgan fingerprint density at radius 2 is 1.69 bits per heavy atom. The maximum Gasteiger partial charge on any atom is 0.573 e. The van der Waals surface area contributed by atoms with Gasteiger partial charge in [0.05, 0.1) is 16.9 Å². The number of thiazole rings is 1. The normalized spacial score (nSPS) is 12.5. The van der Waals surface area contributed by atoms with Gasteiger partial charge in [0, 0.05) is 16.6 Å². The monoisotopic (exact) mass is 634 g/mol. The Morgan fingerprint density at radius 3 is 2.33 bits per heavy atom. The van der Waals surface area contributed by atoms with Crippen molar-refractivity contribution in [2.75, 3.05) is 0 Å². The molecule has 0 aliphatic heterocycles. The topological polar surface area (TPSA) is 86.3 Å². The molecule has 5 aromatic rings. The molecule has 0 unspecified atom stereocenters. The van der Waals surface area contributed by atoms with E-state index in [1.54, 1.807) is 0 Å². The number of rotatable bonds is 7. The van der Waals surface area contributed by atoms with Crippen LogP contribution < -0.4 is 14.9 Å². The molecule has 0 aliphatic carbocycles. The number of carbonyl (C=O) groups is 1. The Balaban J connectivity index is 1.32. The molecule has 0 fully saturated rings. The van der Waals surface area contributed by atoms with Crippen LogP contribution >= 0.6 is 11.3 Å². The number of alkyl halides is 3. The molecule has 0 saturated carbocycles. The van der Waals surface area contributed by atoms with Crippen LogP contribution in [0.3, 0.4) is 0 Å². The summed E-state index contributed by atoms with van der Waals surface area (Å²) in [6.07, 6.45) is -3.28. The molecule has 0 radical (unpaired) electrons. The van der Waals surface area contributed by atoms with Gasteiger partial charge >= 0.3 is 12.4 Å². The third-order valence-corrected chi connectivity index (χ3v) is 8.25. The molecule has 234 valence electrons. The third-order valence-electron chi connectivity index (χ3n) is 7.31. The molecule has 0 saturated heterocycles. The first kappa shape index (κ1) is 31.7. The Kier molecular flexibility index (Phi) is 8.70. The number of aryl methyl sites for hydroxylation is 2. The number of urea groups is 1. The second-order valence-corrected chi connectivity index (χ2v) is 12.3. The number of nitrogens with zero attached hydrogens (tertiary/aromatic N) is 5. The van der Waals surface area contributed by atoms with Crippen molar-refractivity contribution in [2.24, 2.45) is 4.99 Å². The zero-order valence-electron chi connectivity index (χ0n) is 25.7. The summed E-state index contributed by atoms with van der Waals surface area (Å²) in [5, 5.41) is 9.48. The smallest absolute Gasteiger partial charge is 0.406 e. The Labute approximate surface area is 262 Å². The summed E-state index contributed by atoms with van der Waals surface area (Å²) < 4.78 is 44.8. The molecular formula is C33H33F3N6O2S. The van der Waals surface area contributed by atoms with Crippen molar-refractivity contribution in [3.05, 3.63) is 106 Å². The van der Waals surface area contributed by atoms with Crippen LogP contribution in [0.4, 0.5) is 18.0 Å². The predicted molar refractivity (Wildman–Crippen MR) is 168 cm³/mol. The molecule has 12 heteroatoms. The van der Waals surface area contributed by atoms with Gasteiger partial charge in [0.2, 0.25) is 0 Å². The van der Waals surface area contributed by atoms with Crippen molar-refractivity contribution in [2.45, 2.75) is 59.4 Å². The minimum absolute atomic E-state index is 0.300. The van der Waals surface area contributed by atoms with Crippen molar-refractivity contribution < 1.29 is 22.7 Å². The molecule has 45 heavy (non-hydrogen) atoms. The lowest BCUT2D eigenvalue weighted by Gasteiger charge is -2.26. The predicted octanol–water partition coefficient (Wildman–Crippen LogP) is 7.97. The highest BCUT2D eigenvalue weighted by atomic mass is 32.1. The standard InChI is InChI=1S/C33H33F3N6O2S/c1-20(2)28-21(3)8-7-9-27(28)42-22(4)18-45-31(42)38-30(43)39-32(5,6)24-12-10-23(11-13-24)29-37-19-41(40-29)25-14-16-26(17-15-25)44-33(34,35)36/h7-20H,1-6H3,(H,39,43)/b38-31-. The van der Waals surface area contributed by atoms with Crippen LogP contribution in [0, 0.1) is 13.8 Å². The van der Waals surface area contributed by atoms with E-state index in [0.29, 0.717) is 22.2 Å². The van der Waals surface area contributed by atoms with Crippen molar-refractivity contribution in [1.29, 1.82) is 0 Å². The summed E-state index contributed by atoms with van der Waals surface area (Å²) in [5.41, 5.74) is 5.80. The first-order valence-corrected chi connectivity index (χ1v) is 15.1. The lowest BCUT2D eigenvalue weighted by molar-refractivity contribution is -0.274. The van der Waals surface area contributed by atoms with Crippen molar-refractivity contribution in [1.82, 2.24) is 24.6 Å². The number of hydrogen-bond acceptors (Lipinski definition) is 5. The summed E-state index contributed by atoms with van der Waals surface area (Å²) in [6, 6.07) is 18.5. The van der Waals surface area contributed by atoms with Crippen LogP contribution in [0.1, 0.15) is 56.0 Å². The van der Waals surface area contributed by atoms with Gasteiger partial charge in [-0.25, -0.2) is 14.5 Å². The van der Waals surface area contributed by atoms with E-state index in [0.717, 1.165) is 22.5 Å². The van der Waals surface area contributed by atoms with E-state index in [1.807, 2.05) is 61.1 Å². The molecule has 2 amide bonds. The van der Waals surface area contributed by atoms with Gasteiger partial charge in [-0.3, -0.25) is 4.57 Å². The second-order valence-electron chi connectivity index (χ2n) is 11.5. The average Bonchev–Trinajstić information content (AvgIpc) is 3.59. The zero-order valence-corrected chi connectivity index (χ0v) is 26.5. The zero-order chi connectivity index (χ0) is 32.5. The van der Waals surface area contributed by atoms with Crippen LogP contribution in [0.2, 0.25) is 0 Å². The minimum Gasteiger partial charge on any atom is -0.406 e. The summed E-state index contributed by atoms with van der Waals surface area (Å²) in [5.74, 6) is 0.415. The molecule has 1 N–H and O–H groups in total. The van der Waals surface area contributed by atoms with E-state index in [9.17, 15) is 18.0 Å². The molecule has 2 heterocycles. The molecule has 0 atom stereocenters. The van der Waals surface area contributed by atoms with Crippen LogP contribution in [-0.4, -0.2) is 31.7 Å². The molecule has 3 aromatic carbocycles. The number of hydrogen-bond donors (Lipinski definition) is 1. The van der Waals surface area contributed by atoms with Gasteiger partial charge in [0.1, 0.15) is 12.1 Å². The number of amides is 2. The Bertz CT molecular complexity index is 1890. The van der Waals surface area contributed by atoms with E-state index >= 15 is 0 Å². The fourth-order valence-corrected chi connectivity index (χ4v) is 6.05. The number of ether oxygens (including phenoxy) is 1. The average molecular weight is 635 g/mol. The lowest BCUT2D eigenvalue weighted by atomic mass is 9.93. The molecule has 0 spiro atoms. The lowest BCUT2D eigenvalue weighted by Crippen LogP contribution is -2.40. The summed E-state index contributed by atoms with van der Waals surface area (Å²) >= 11 is 1.42. The summed E-state index contributed by atoms with van der Waals surface area (Å²) in [4.78, 5) is 22.6. The maximum absolute atomic E-state index is 13.2. The molecule has 2 aromatic heterocycles.